The summed E-state index contributed by atoms with van der Waals surface area (Å²) in [4.78, 5) is 0. The second-order valence-electron chi connectivity index (χ2n) is 6.04. The first-order chi connectivity index (χ1) is 9.15. The second kappa shape index (κ2) is 6.90. The molecule has 0 spiro atoms. The molecule has 3 heteroatoms. The van der Waals surface area contributed by atoms with Crippen LogP contribution < -0.4 is 5.32 Å². The molecule has 1 N–H and O–H groups in total. The average molecular weight is 261 g/mol. The Balaban J connectivity index is 2.10. The van der Waals surface area contributed by atoms with Gasteiger partial charge < -0.3 is 5.32 Å². The van der Waals surface area contributed by atoms with E-state index in [2.05, 4.69) is 36.5 Å². The number of rotatable bonds is 5. The standard InChI is InChI=1S/C16H27N3/c1-13(2)17-11-16(15-7-5-4-6-8-15)9-14-10-18-19(3)12-14/h9-10,12-13,15,17H,4-8,11H2,1-3H3. The highest BCUT2D eigenvalue weighted by Crippen LogP contribution is 2.30. The molecule has 0 unspecified atom stereocenters. The topological polar surface area (TPSA) is 29.9 Å². The van der Waals surface area contributed by atoms with Crippen molar-refractivity contribution < 1.29 is 0 Å². The lowest BCUT2D eigenvalue weighted by molar-refractivity contribution is 0.394. The molecular weight excluding hydrogens is 234 g/mol. The maximum Gasteiger partial charge on any atom is 0.0562 e. The van der Waals surface area contributed by atoms with Gasteiger partial charge in [0.2, 0.25) is 0 Å². The minimum atomic E-state index is 0.542. The van der Waals surface area contributed by atoms with E-state index in [9.17, 15) is 0 Å². The minimum absolute atomic E-state index is 0.542. The predicted octanol–water partition coefficient (Wildman–Crippen LogP) is 3.38. The molecule has 0 atom stereocenters. The summed E-state index contributed by atoms with van der Waals surface area (Å²) in [6.45, 7) is 5.43. The second-order valence-corrected chi connectivity index (χ2v) is 6.04. The van der Waals surface area contributed by atoms with Crippen molar-refractivity contribution in [3.63, 3.8) is 0 Å². The highest BCUT2D eigenvalue weighted by Gasteiger charge is 2.18. The lowest BCUT2D eigenvalue weighted by Crippen LogP contribution is -2.27. The minimum Gasteiger partial charge on any atom is -0.311 e. The molecule has 1 aliphatic carbocycles. The predicted molar refractivity (Wildman–Crippen MR) is 80.9 cm³/mol. The van der Waals surface area contributed by atoms with Gasteiger partial charge in [-0.2, -0.15) is 5.10 Å². The van der Waals surface area contributed by atoms with Crippen LogP contribution >= 0.6 is 0 Å². The summed E-state index contributed by atoms with van der Waals surface area (Å²) in [5.74, 6) is 0.764. The third kappa shape index (κ3) is 4.50. The average Bonchev–Trinajstić information content (AvgIpc) is 2.81. The van der Waals surface area contributed by atoms with E-state index in [-0.39, 0.29) is 0 Å². The van der Waals surface area contributed by atoms with Crippen molar-refractivity contribution in [2.24, 2.45) is 13.0 Å². The van der Waals surface area contributed by atoms with Gasteiger partial charge in [0.05, 0.1) is 6.20 Å². The molecule has 0 aliphatic heterocycles. The van der Waals surface area contributed by atoms with Crippen molar-refractivity contribution in [2.45, 2.75) is 52.0 Å². The molecule has 106 valence electrons. The number of aromatic nitrogens is 2. The molecule has 3 nitrogen and oxygen atoms in total. The van der Waals surface area contributed by atoms with E-state index in [1.54, 1.807) is 5.57 Å². The van der Waals surface area contributed by atoms with Crippen molar-refractivity contribution in [3.8, 4) is 0 Å². The van der Waals surface area contributed by atoms with Gasteiger partial charge >= 0.3 is 0 Å². The Hall–Kier alpha value is -1.09. The van der Waals surface area contributed by atoms with Gasteiger partial charge in [-0.15, -0.1) is 0 Å². The molecule has 1 fully saturated rings. The summed E-state index contributed by atoms with van der Waals surface area (Å²) in [6, 6.07) is 0.542. The first-order valence-electron chi connectivity index (χ1n) is 7.57. The zero-order chi connectivity index (χ0) is 13.7. The van der Waals surface area contributed by atoms with E-state index in [1.165, 1.54) is 37.7 Å². The van der Waals surface area contributed by atoms with Crippen LogP contribution in [0.4, 0.5) is 0 Å². The van der Waals surface area contributed by atoms with E-state index in [1.807, 2.05) is 17.9 Å². The van der Waals surface area contributed by atoms with Crippen LogP contribution in [0.5, 0.6) is 0 Å². The summed E-state index contributed by atoms with van der Waals surface area (Å²) in [5, 5.41) is 7.84. The van der Waals surface area contributed by atoms with Gasteiger partial charge in [-0.1, -0.05) is 44.8 Å². The number of aryl methyl sites for hydroxylation is 1. The Kier molecular flexibility index (Phi) is 5.20. The van der Waals surface area contributed by atoms with Crippen molar-refractivity contribution in [1.82, 2.24) is 15.1 Å². The highest BCUT2D eigenvalue weighted by molar-refractivity contribution is 5.52. The number of hydrogen-bond acceptors (Lipinski definition) is 2. The van der Waals surface area contributed by atoms with Crippen LogP contribution in [0, 0.1) is 5.92 Å². The third-order valence-electron chi connectivity index (χ3n) is 3.92. The molecule has 0 radical (unpaired) electrons. The van der Waals surface area contributed by atoms with Gasteiger partial charge in [0.15, 0.2) is 0 Å². The number of hydrogen-bond donors (Lipinski definition) is 1. The molecule has 1 heterocycles. The molecule has 19 heavy (non-hydrogen) atoms. The summed E-state index contributed by atoms with van der Waals surface area (Å²) in [6.07, 6.45) is 13.3. The van der Waals surface area contributed by atoms with E-state index >= 15 is 0 Å². The van der Waals surface area contributed by atoms with Gasteiger partial charge in [-0.05, 0) is 18.8 Å². The molecule has 1 aromatic heterocycles. The normalized spacial score (nSPS) is 18.2. The van der Waals surface area contributed by atoms with Crippen LogP contribution in [0.2, 0.25) is 0 Å². The van der Waals surface area contributed by atoms with Crippen LogP contribution in [0.3, 0.4) is 0 Å². The van der Waals surface area contributed by atoms with Gasteiger partial charge in [0.25, 0.3) is 0 Å². The fourth-order valence-electron chi connectivity index (χ4n) is 2.84. The Morgan fingerprint density at radius 3 is 2.74 bits per heavy atom. The van der Waals surface area contributed by atoms with Crippen molar-refractivity contribution in [3.05, 3.63) is 23.5 Å². The van der Waals surface area contributed by atoms with Crippen molar-refractivity contribution >= 4 is 6.08 Å². The lowest BCUT2D eigenvalue weighted by atomic mass is 9.83. The third-order valence-corrected chi connectivity index (χ3v) is 3.92. The maximum atomic E-state index is 4.26. The fraction of sp³-hybridized carbons (Fsp3) is 0.688. The molecule has 1 aromatic rings. The molecule has 1 aliphatic rings. The fourth-order valence-corrected chi connectivity index (χ4v) is 2.84. The van der Waals surface area contributed by atoms with Gasteiger partial charge in [0.1, 0.15) is 0 Å². The van der Waals surface area contributed by atoms with E-state index in [4.69, 9.17) is 0 Å². The Labute approximate surface area is 117 Å². The zero-order valence-electron chi connectivity index (χ0n) is 12.5. The van der Waals surface area contributed by atoms with Crippen molar-refractivity contribution in [1.29, 1.82) is 0 Å². The van der Waals surface area contributed by atoms with E-state index < -0.39 is 0 Å². The smallest absolute Gasteiger partial charge is 0.0562 e. The molecular formula is C16H27N3. The first-order valence-corrected chi connectivity index (χ1v) is 7.57. The zero-order valence-corrected chi connectivity index (χ0v) is 12.5. The Morgan fingerprint density at radius 2 is 2.16 bits per heavy atom. The largest absolute Gasteiger partial charge is 0.311 e. The van der Waals surface area contributed by atoms with Crippen LogP contribution in [0.1, 0.15) is 51.5 Å². The summed E-state index contributed by atoms with van der Waals surface area (Å²) >= 11 is 0. The highest BCUT2D eigenvalue weighted by atomic mass is 15.2. The monoisotopic (exact) mass is 261 g/mol. The van der Waals surface area contributed by atoms with Gasteiger partial charge in [-0.3, -0.25) is 4.68 Å². The van der Waals surface area contributed by atoms with Crippen molar-refractivity contribution in [2.75, 3.05) is 6.54 Å². The van der Waals surface area contributed by atoms with Crippen LogP contribution in [-0.4, -0.2) is 22.4 Å². The van der Waals surface area contributed by atoms with E-state index in [0.29, 0.717) is 6.04 Å². The summed E-state index contributed by atoms with van der Waals surface area (Å²) in [7, 11) is 1.98. The van der Waals surface area contributed by atoms with Crippen LogP contribution in [0.25, 0.3) is 6.08 Å². The lowest BCUT2D eigenvalue weighted by Gasteiger charge is -2.25. The van der Waals surface area contributed by atoms with Crippen LogP contribution in [0.15, 0.2) is 18.0 Å². The van der Waals surface area contributed by atoms with E-state index in [0.717, 1.165) is 12.5 Å². The molecule has 2 rings (SSSR count). The van der Waals surface area contributed by atoms with Gasteiger partial charge in [-0.25, -0.2) is 0 Å². The molecule has 0 aromatic carbocycles. The Bertz CT molecular complexity index is 411. The number of nitrogens with zero attached hydrogens (tertiary/aromatic N) is 2. The molecule has 0 bridgehead atoms. The van der Waals surface area contributed by atoms with Gasteiger partial charge in [0, 0.05) is 31.4 Å². The molecule has 0 saturated heterocycles. The Morgan fingerprint density at radius 1 is 1.42 bits per heavy atom. The summed E-state index contributed by atoms with van der Waals surface area (Å²) < 4.78 is 1.88. The molecule has 0 amide bonds. The summed E-state index contributed by atoms with van der Waals surface area (Å²) in [5.41, 5.74) is 2.79. The van der Waals surface area contributed by atoms with Crippen LogP contribution in [-0.2, 0) is 7.05 Å². The number of nitrogens with one attached hydrogen (secondary N) is 1. The SMILES string of the molecule is CC(C)NCC(=Cc1cnn(C)c1)C1CCCCC1. The quantitative estimate of drug-likeness (QED) is 0.880. The maximum absolute atomic E-state index is 4.26. The first kappa shape index (κ1) is 14.3. The molecule has 1 saturated carbocycles.